The van der Waals surface area contributed by atoms with Crippen molar-refractivity contribution in [3.8, 4) is 0 Å². The molecule has 17 heavy (non-hydrogen) atoms. The zero-order chi connectivity index (χ0) is 12.7. The summed E-state index contributed by atoms with van der Waals surface area (Å²) in [5.74, 6) is 5.13. The monoisotopic (exact) mass is 242 g/mol. The second-order valence-electron chi connectivity index (χ2n) is 3.44. The van der Waals surface area contributed by atoms with Crippen molar-refractivity contribution in [2.75, 3.05) is 13.2 Å². The van der Waals surface area contributed by atoms with Gasteiger partial charge in [-0.05, 0) is 19.9 Å². The first-order valence-corrected chi connectivity index (χ1v) is 5.68. The topological polar surface area (TPSA) is 56.5 Å². The van der Waals surface area contributed by atoms with Gasteiger partial charge in [0.2, 0.25) is 0 Å². The fraction of sp³-hybridized carbons (Fsp3) is 0.500. The van der Waals surface area contributed by atoms with E-state index in [1.807, 2.05) is 13.8 Å². The second-order valence-corrected chi connectivity index (χ2v) is 3.44. The van der Waals surface area contributed by atoms with Gasteiger partial charge < -0.3 is 9.47 Å². The molecule has 1 aromatic carbocycles. The van der Waals surface area contributed by atoms with Crippen LogP contribution in [0.1, 0.15) is 25.5 Å². The average Bonchev–Trinajstić information content (AvgIpc) is 2.33. The summed E-state index contributed by atoms with van der Waals surface area (Å²) < 4.78 is 24.5. The van der Waals surface area contributed by atoms with Gasteiger partial charge in [-0.15, -0.1) is 0 Å². The third-order valence-electron chi connectivity index (χ3n) is 2.35. The number of hydrogen-bond donors (Lipinski definition) is 2. The van der Waals surface area contributed by atoms with Gasteiger partial charge in [0.05, 0.1) is 6.04 Å². The minimum Gasteiger partial charge on any atom is -0.351 e. The van der Waals surface area contributed by atoms with E-state index in [-0.39, 0.29) is 5.82 Å². The number of hydrogen-bond acceptors (Lipinski definition) is 4. The van der Waals surface area contributed by atoms with Gasteiger partial charge in [-0.2, -0.15) is 0 Å². The van der Waals surface area contributed by atoms with Crippen LogP contribution in [0.25, 0.3) is 0 Å². The van der Waals surface area contributed by atoms with Crippen LogP contribution in [0.3, 0.4) is 0 Å². The lowest BCUT2D eigenvalue weighted by atomic mass is 10.1. The molecule has 3 N–H and O–H groups in total. The molecule has 1 unspecified atom stereocenters. The Hall–Kier alpha value is -1.01. The first-order valence-electron chi connectivity index (χ1n) is 5.68. The van der Waals surface area contributed by atoms with Crippen LogP contribution >= 0.6 is 0 Å². The van der Waals surface area contributed by atoms with E-state index < -0.39 is 12.3 Å². The van der Waals surface area contributed by atoms with Gasteiger partial charge in [-0.1, -0.05) is 18.2 Å². The molecule has 0 amide bonds. The van der Waals surface area contributed by atoms with Crippen LogP contribution in [0.2, 0.25) is 0 Å². The molecule has 4 nitrogen and oxygen atoms in total. The summed E-state index contributed by atoms with van der Waals surface area (Å²) in [4.78, 5) is 0. The third-order valence-corrected chi connectivity index (χ3v) is 2.35. The van der Waals surface area contributed by atoms with Crippen molar-refractivity contribution in [1.82, 2.24) is 5.43 Å². The average molecular weight is 242 g/mol. The molecule has 0 saturated heterocycles. The molecule has 0 fully saturated rings. The number of nitrogens with two attached hydrogens (primary N) is 1. The van der Waals surface area contributed by atoms with Crippen LogP contribution in [-0.2, 0) is 9.47 Å². The molecule has 96 valence electrons. The Morgan fingerprint density at radius 3 is 2.29 bits per heavy atom. The lowest BCUT2D eigenvalue weighted by Gasteiger charge is -2.26. The standard InChI is InChI=1S/C12H19FN2O2/c1-3-16-12(17-4-2)11(15-14)9-7-5-6-8-10(9)13/h5-8,11-12,15H,3-4,14H2,1-2H3. The fourth-order valence-corrected chi connectivity index (χ4v) is 1.61. The van der Waals surface area contributed by atoms with Crippen molar-refractivity contribution < 1.29 is 13.9 Å². The normalized spacial score (nSPS) is 13.0. The molecule has 0 aliphatic heterocycles. The maximum absolute atomic E-state index is 13.7. The lowest BCUT2D eigenvalue weighted by Crippen LogP contribution is -2.40. The second kappa shape index (κ2) is 7.34. The lowest BCUT2D eigenvalue weighted by molar-refractivity contribution is -0.155. The zero-order valence-corrected chi connectivity index (χ0v) is 10.2. The minimum atomic E-state index is -0.605. The number of rotatable bonds is 7. The first-order chi connectivity index (χ1) is 8.24. The minimum absolute atomic E-state index is 0.333. The Balaban J connectivity index is 2.91. The number of halogens is 1. The number of nitrogens with one attached hydrogen (secondary N) is 1. The van der Waals surface area contributed by atoms with Gasteiger partial charge >= 0.3 is 0 Å². The fourth-order valence-electron chi connectivity index (χ4n) is 1.61. The Morgan fingerprint density at radius 1 is 1.24 bits per heavy atom. The van der Waals surface area contributed by atoms with E-state index in [1.54, 1.807) is 18.2 Å². The Kier molecular flexibility index (Phi) is 6.07. The van der Waals surface area contributed by atoms with Crippen molar-refractivity contribution in [3.63, 3.8) is 0 Å². The molecule has 1 aromatic rings. The smallest absolute Gasteiger partial charge is 0.178 e. The predicted molar refractivity (Wildman–Crippen MR) is 63.5 cm³/mol. The Morgan fingerprint density at radius 2 is 1.82 bits per heavy atom. The summed E-state index contributed by atoms with van der Waals surface area (Å²) >= 11 is 0. The Labute approximate surface area is 101 Å². The van der Waals surface area contributed by atoms with Crippen molar-refractivity contribution in [2.24, 2.45) is 5.84 Å². The molecular formula is C12H19FN2O2. The molecule has 0 bridgehead atoms. The van der Waals surface area contributed by atoms with Crippen molar-refractivity contribution in [2.45, 2.75) is 26.2 Å². The molecule has 0 saturated carbocycles. The van der Waals surface area contributed by atoms with Crippen LogP contribution in [0.15, 0.2) is 24.3 Å². The van der Waals surface area contributed by atoms with Gasteiger partial charge in [0.25, 0.3) is 0 Å². The van der Waals surface area contributed by atoms with E-state index in [2.05, 4.69) is 5.43 Å². The van der Waals surface area contributed by atoms with Gasteiger partial charge in [-0.3, -0.25) is 5.84 Å². The summed E-state index contributed by atoms with van der Waals surface area (Å²) in [6.07, 6.45) is -0.605. The van der Waals surface area contributed by atoms with Crippen molar-refractivity contribution in [3.05, 3.63) is 35.6 Å². The van der Waals surface area contributed by atoms with Crippen LogP contribution in [0.5, 0.6) is 0 Å². The molecule has 0 spiro atoms. The highest BCUT2D eigenvalue weighted by Crippen LogP contribution is 2.22. The molecule has 0 aliphatic carbocycles. The van der Waals surface area contributed by atoms with E-state index in [4.69, 9.17) is 15.3 Å². The van der Waals surface area contributed by atoms with E-state index in [0.29, 0.717) is 18.8 Å². The first kappa shape index (κ1) is 14.1. The van der Waals surface area contributed by atoms with Crippen LogP contribution in [-0.4, -0.2) is 19.5 Å². The van der Waals surface area contributed by atoms with E-state index in [0.717, 1.165) is 0 Å². The molecule has 0 aromatic heterocycles. The Bertz CT molecular complexity index is 330. The zero-order valence-electron chi connectivity index (χ0n) is 10.2. The van der Waals surface area contributed by atoms with Crippen LogP contribution in [0.4, 0.5) is 4.39 Å². The van der Waals surface area contributed by atoms with E-state index >= 15 is 0 Å². The maximum atomic E-state index is 13.7. The summed E-state index contributed by atoms with van der Waals surface area (Å²) in [6.45, 7) is 4.64. The molecular weight excluding hydrogens is 223 g/mol. The quantitative estimate of drug-likeness (QED) is 0.434. The van der Waals surface area contributed by atoms with E-state index in [1.165, 1.54) is 6.07 Å². The summed E-state index contributed by atoms with van der Waals surface area (Å²) in [7, 11) is 0. The van der Waals surface area contributed by atoms with Gasteiger partial charge in [0, 0.05) is 18.8 Å². The predicted octanol–water partition coefficient (Wildman–Crippen LogP) is 1.73. The molecule has 0 aliphatic rings. The number of ether oxygens (including phenoxy) is 2. The summed E-state index contributed by atoms with van der Waals surface area (Å²) in [5, 5.41) is 0. The van der Waals surface area contributed by atoms with Crippen molar-refractivity contribution in [1.29, 1.82) is 0 Å². The highest BCUT2D eigenvalue weighted by Gasteiger charge is 2.25. The van der Waals surface area contributed by atoms with Crippen LogP contribution < -0.4 is 11.3 Å². The molecule has 0 radical (unpaired) electrons. The maximum Gasteiger partial charge on any atom is 0.178 e. The SMILES string of the molecule is CCOC(OCC)C(NN)c1ccccc1F. The van der Waals surface area contributed by atoms with Crippen LogP contribution in [0, 0.1) is 5.82 Å². The largest absolute Gasteiger partial charge is 0.351 e. The molecule has 1 atom stereocenters. The molecule has 5 heteroatoms. The molecule has 0 heterocycles. The number of hydrazine groups is 1. The number of benzene rings is 1. The van der Waals surface area contributed by atoms with E-state index in [9.17, 15) is 4.39 Å². The highest BCUT2D eigenvalue weighted by molar-refractivity contribution is 5.21. The third kappa shape index (κ3) is 3.74. The summed E-state index contributed by atoms with van der Waals surface area (Å²) in [6, 6.07) is 5.89. The summed E-state index contributed by atoms with van der Waals surface area (Å²) in [5.41, 5.74) is 2.97. The van der Waals surface area contributed by atoms with Gasteiger partial charge in [0.15, 0.2) is 6.29 Å². The van der Waals surface area contributed by atoms with Crippen molar-refractivity contribution >= 4 is 0 Å². The van der Waals surface area contributed by atoms with Gasteiger partial charge in [-0.25, -0.2) is 9.82 Å². The van der Waals surface area contributed by atoms with Gasteiger partial charge in [0.1, 0.15) is 5.82 Å². The highest BCUT2D eigenvalue weighted by atomic mass is 19.1. The molecule has 1 rings (SSSR count).